The van der Waals surface area contributed by atoms with Gasteiger partial charge in [0, 0.05) is 30.6 Å². The first-order chi connectivity index (χ1) is 11.5. The molecule has 2 aliphatic rings. The zero-order valence-electron chi connectivity index (χ0n) is 13.5. The van der Waals surface area contributed by atoms with Gasteiger partial charge in [0.25, 0.3) is 0 Å². The van der Waals surface area contributed by atoms with Crippen molar-refractivity contribution < 1.29 is 8.42 Å². The largest absolute Gasteiger partial charge is 0.356 e. The predicted molar refractivity (Wildman–Crippen MR) is 97.2 cm³/mol. The van der Waals surface area contributed by atoms with Gasteiger partial charge in [-0.15, -0.1) is 11.3 Å². The quantitative estimate of drug-likeness (QED) is 0.896. The molecule has 1 fully saturated rings. The number of rotatable bonds is 3. The number of aromatic nitrogens is 2. The van der Waals surface area contributed by atoms with Gasteiger partial charge in [-0.25, -0.2) is 18.4 Å². The summed E-state index contributed by atoms with van der Waals surface area (Å²) in [5.74, 6) is 2.02. The maximum atomic E-state index is 11.5. The lowest BCUT2D eigenvalue weighted by Crippen LogP contribution is -2.46. The van der Waals surface area contributed by atoms with Crippen LogP contribution >= 0.6 is 11.3 Å². The van der Waals surface area contributed by atoms with Gasteiger partial charge < -0.3 is 10.2 Å². The van der Waals surface area contributed by atoms with Crippen LogP contribution in [0.4, 0.5) is 5.82 Å². The van der Waals surface area contributed by atoms with Crippen LogP contribution in [0.25, 0.3) is 10.2 Å². The van der Waals surface area contributed by atoms with Crippen molar-refractivity contribution in [3.8, 4) is 0 Å². The molecule has 0 saturated carbocycles. The van der Waals surface area contributed by atoms with E-state index in [1.54, 1.807) is 17.4 Å². The summed E-state index contributed by atoms with van der Waals surface area (Å²) in [5, 5.41) is 7.98. The van der Waals surface area contributed by atoms with E-state index < -0.39 is 9.84 Å². The van der Waals surface area contributed by atoms with Crippen LogP contribution in [0.5, 0.6) is 0 Å². The lowest BCUT2D eigenvalue weighted by Gasteiger charge is -2.34. The van der Waals surface area contributed by atoms with E-state index in [2.05, 4.69) is 31.6 Å². The Morgan fingerprint density at radius 3 is 2.79 bits per heavy atom. The number of nitrogens with zero attached hydrogens (tertiary/aromatic N) is 3. The van der Waals surface area contributed by atoms with Gasteiger partial charge in [0.15, 0.2) is 9.84 Å². The number of piperidine rings is 1. The zero-order valence-corrected chi connectivity index (χ0v) is 15.1. The Kier molecular flexibility index (Phi) is 4.06. The highest BCUT2D eigenvalue weighted by Crippen LogP contribution is 2.29. The van der Waals surface area contributed by atoms with Crippen molar-refractivity contribution in [3.63, 3.8) is 0 Å². The summed E-state index contributed by atoms with van der Waals surface area (Å²) in [6, 6.07) is 2.40. The lowest BCUT2D eigenvalue weighted by atomic mass is 10.0. The van der Waals surface area contributed by atoms with Crippen LogP contribution in [-0.4, -0.2) is 49.3 Å². The monoisotopic (exact) mass is 364 g/mol. The van der Waals surface area contributed by atoms with Crippen LogP contribution in [0, 0.1) is 6.92 Å². The SMILES string of the molecule is Cc1nc(N2CCC(NC3C=CS(=O)(=O)C3)CC2)c2ccsc2n1. The topological polar surface area (TPSA) is 75.2 Å². The average molecular weight is 364 g/mol. The van der Waals surface area contributed by atoms with Gasteiger partial charge in [-0.2, -0.15) is 0 Å². The lowest BCUT2D eigenvalue weighted by molar-refractivity contribution is 0.400. The minimum atomic E-state index is -2.99. The molecule has 1 atom stereocenters. The minimum Gasteiger partial charge on any atom is -0.356 e. The van der Waals surface area contributed by atoms with E-state index in [1.165, 1.54) is 5.41 Å². The van der Waals surface area contributed by atoms with E-state index in [4.69, 9.17) is 0 Å². The molecule has 8 heteroatoms. The molecule has 0 bridgehead atoms. The van der Waals surface area contributed by atoms with Crippen molar-refractivity contribution in [2.24, 2.45) is 0 Å². The first kappa shape index (κ1) is 16.0. The van der Waals surface area contributed by atoms with Gasteiger partial charge >= 0.3 is 0 Å². The van der Waals surface area contributed by atoms with Gasteiger partial charge in [0.2, 0.25) is 0 Å². The summed E-state index contributed by atoms with van der Waals surface area (Å²) in [7, 11) is -2.99. The number of hydrogen-bond donors (Lipinski definition) is 1. The molecule has 0 radical (unpaired) electrons. The van der Waals surface area contributed by atoms with Crippen LogP contribution in [0.1, 0.15) is 18.7 Å². The summed E-state index contributed by atoms with van der Waals surface area (Å²) < 4.78 is 23.0. The van der Waals surface area contributed by atoms with Crippen LogP contribution in [0.2, 0.25) is 0 Å². The highest BCUT2D eigenvalue weighted by Gasteiger charge is 2.27. The Bertz CT molecular complexity index is 883. The molecule has 4 rings (SSSR count). The van der Waals surface area contributed by atoms with E-state index in [-0.39, 0.29) is 11.8 Å². The fourth-order valence-corrected chi connectivity index (χ4v) is 5.48. The van der Waals surface area contributed by atoms with Crippen LogP contribution in [0.15, 0.2) is 22.9 Å². The predicted octanol–water partition coefficient (Wildman–Crippen LogP) is 1.87. The Labute approximate surface area is 145 Å². The standard InChI is InChI=1S/C16H20N4O2S2/c1-11-17-15(14-4-8-23-16(14)18-11)20-6-2-12(3-7-20)19-13-5-9-24(21,22)10-13/h4-5,8-9,12-13,19H,2-3,6-7,10H2,1H3. The fraction of sp³-hybridized carbons (Fsp3) is 0.500. The summed E-state index contributed by atoms with van der Waals surface area (Å²) >= 11 is 1.65. The number of sulfone groups is 1. The summed E-state index contributed by atoms with van der Waals surface area (Å²) in [5.41, 5.74) is 0. The maximum Gasteiger partial charge on any atom is 0.173 e. The second-order valence-electron chi connectivity index (χ2n) is 6.43. The zero-order chi connectivity index (χ0) is 16.7. The Hall–Kier alpha value is -1.51. The Morgan fingerprint density at radius 1 is 1.29 bits per heavy atom. The molecule has 6 nitrogen and oxygen atoms in total. The van der Waals surface area contributed by atoms with Crippen LogP contribution < -0.4 is 10.2 Å². The molecule has 128 valence electrons. The molecule has 2 aromatic rings. The molecule has 1 saturated heterocycles. The van der Waals surface area contributed by atoms with Gasteiger partial charge in [-0.1, -0.05) is 6.08 Å². The molecular weight excluding hydrogens is 344 g/mol. The van der Waals surface area contributed by atoms with E-state index in [0.717, 1.165) is 47.8 Å². The number of nitrogens with one attached hydrogen (secondary N) is 1. The van der Waals surface area contributed by atoms with Gasteiger partial charge in [-0.05, 0) is 31.2 Å². The molecule has 4 heterocycles. The van der Waals surface area contributed by atoms with Gasteiger partial charge in [0.1, 0.15) is 16.5 Å². The number of aryl methyl sites for hydroxylation is 1. The van der Waals surface area contributed by atoms with E-state index >= 15 is 0 Å². The molecule has 1 N–H and O–H groups in total. The smallest absolute Gasteiger partial charge is 0.173 e. The maximum absolute atomic E-state index is 11.5. The van der Waals surface area contributed by atoms with Crippen molar-refractivity contribution in [3.05, 3.63) is 28.8 Å². The second kappa shape index (κ2) is 6.09. The fourth-order valence-electron chi connectivity index (χ4n) is 3.42. The average Bonchev–Trinajstić information content (AvgIpc) is 3.13. The van der Waals surface area contributed by atoms with Crippen molar-refractivity contribution in [1.82, 2.24) is 15.3 Å². The Morgan fingerprint density at radius 2 is 2.08 bits per heavy atom. The van der Waals surface area contributed by atoms with Crippen LogP contribution in [-0.2, 0) is 9.84 Å². The first-order valence-electron chi connectivity index (χ1n) is 8.14. The normalized spacial score (nSPS) is 24.0. The van der Waals surface area contributed by atoms with Gasteiger partial charge in [-0.3, -0.25) is 0 Å². The third-order valence-corrected chi connectivity index (χ3v) is 6.79. The third kappa shape index (κ3) is 3.18. The number of hydrogen-bond acceptors (Lipinski definition) is 7. The summed E-state index contributed by atoms with van der Waals surface area (Å²) in [6.07, 6.45) is 3.74. The van der Waals surface area contributed by atoms with Crippen LogP contribution in [0.3, 0.4) is 0 Å². The molecule has 1 unspecified atom stereocenters. The van der Waals surface area contributed by atoms with Crippen molar-refractivity contribution in [2.45, 2.75) is 31.8 Å². The van der Waals surface area contributed by atoms with Crippen molar-refractivity contribution in [1.29, 1.82) is 0 Å². The molecule has 2 aromatic heterocycles. The molecule has 0 spiro atoms. The van der Waals surface area contributed by atoms with Gasteiger partial charge in [0.05, 0.1) is 11.1 Å². The highest BCUT2D eigenvalue weighted by molar-refractivity contribution is 7.94. The summed E-state index contributed by atoms with van der Waals surface area (Å²) in [4.78, 5) is 12.5. The van der Waals surface area contributed by atoms with Crippen molar-refractivity contribution >= 4 is 37.2 Å². The molecule has 0 amide bonds. The minimum absolute atomic E-state index is 0.0450. The van der Waals surface area contributed by atoms with E-state index in [0.29, 0.717) is 6.04 Å². The third-order valence-electron chi connectivity index (χ3n) is 4.59. The van der Waals surface area contributed by atoms with E-state index in [1.807, 2.05) is 6.92 Å². The van der Waals surface area contributed by atoms with Crippen molar-refractivity contribution in [2.75, 3.05) is 23.7 Å². The molecular formula is C16H20N4O2S2. The summed E-state index contributed by atoms with van der Waals surface area (Å²) in [6.45, 7) is 3.77. The molecule has 2 aliphatic heterocycles. The molecule has 0 aromatic carbocycles. The Balaban J connectivity index is 1.43. The molecule has 24 heavy (non-hydrogen) atoms. The number of fused-ring (bicyclic) bond motifs is 1. The second-order valence-corrected chi connectivity index (χ2v) is 9.25. The first-order valence-corrected chi connectivity index (χ1v) is 10.7. The van der Waals surface area contributed by atoms with E-state index in [9.17, 15) is 8.42 Å². The molecule has 0 aliphatic carbocycles. The highest BCUT2D eigenvalue weighted by atomic mass is 32.2. The number of anilines is 1. The number of thiophene rings is 1.